The molecule has 2 aromatic rings. The van der Waals surface area contributed by atoms with Crippen LogP contribution in [0, 0.1) is 19.8 Å². The van der Waals surface area contributed by atoms with Gasteiger partial charge in [-0.25, -0.2) is 5.01 Å². The molecule has 1 fully saturated rings. The molecule has 1 amide bonds. The summed E-state index contributed by atoms with van der Waals surface area (Å²) in [5, 5.41) is 6.51. The molecular formula is C28H35N3O4. The second-order valence-electron chi connectivity index (χ2n) is 9.40. The van der Waals surface area contributed by atoms with Gasteiger partial charge >= 0.3 is 5.97 Å². The quantitative estimate of drug-likeness (QED) is 0.557. The van der Waals surface area contributed by atoms with Crippen molar-refractivity contribution in [1.29, 1.82) is 0 Å². The molecule has 0 aromatic heterocycles. The van der Waals surface area contributed by atoms with Crippen molar-refractivity contribution < 1.29 is 19.1 Å². The number of carbonyl (C=O) groups is 2. The molecule has 0 radical (unpaired) electrons. The van der Waals surface area contributed by atoms with Crippen LogP contribution < -0.4 is 4.74 Å². The molecule has 2 aliphatic heterocycles. The summed E-state index contributed by atoms with van der Waals surface area (Å²) in [7, 11) is 1.65. The number of carbonyl (C=O) groups excluding carboxylic acids is 2. The van der Waals surface area contributed by atoms with Gasteiger partial charge in [0.05, 0.1) is 37.9 Å². The van der Waals surface area contributed by atoms with Crippen molar-refractivity contribution in [2.45, 2.75) is 46.1 Å². The topological polar surface area (TPSA) is 71.4 Å². The fraction of sp³-hybridized carbons (Fsp3) is 0.464. The van der Waals surface area contributed by atoms with E-state index in [1.165, 1.54) is 5.56 Å². The van der Waals surface area contributed by atoms with Crippen LogP contribution >= 0.6 is 0 Å². The number of aryl methyl sites for hydroxylation is 2. The summed E-state index contributed by atoms with van der Waals surface area (Å²) < 4.78 is 10.6. The molecule has 1 saturated heterocycles. The van der Waals surface area contributed by atoms with Gasteiger partial charge < -0.3 is 9.47 Å². The van der Waals surface area contributed by atoms with Crippen molar-refractivity contribution in [1.82, 2.24) is 9.91 Å². The Bertz CT molecular complexity index is 1110. The van der Waals surface area contributed by atoms with Gasteiger partial charge in [-0.15, -0.1) is 0 Å². The number of hydrogen-bond acceptors (Lipinski definition) is 6. The van der Waals surface area contributed by atoms with Crippen molar-refractivity contribution in [3.63, 3.8) is 0 Å². The maximum atomic E-state index is 13.5. The molecule has 7 heteroatoms. The fourth-order valence-corrected chi connectivity index (χ4v) is 5.00. The standard InChI is InChI=1S/C28H35N3O4/c1-5-35-28(33)21-11-13-30(14-12-21)18-27(32)31-26(22-7-6-8-23(16-22)34-4)17-25(29-31)24-10-9-19(2)15-20(24)3/h6-10,15-16,21,26H,5,11-14,17-18H2,1-4H3/t26-/m0/s1. The normalized spacial score (nSPS) is 18.9. The zero-order valence-corrected chi connectivity index (χ0v) is 21.1. The summed E-state index contributed by atoms with van der Waals surface area (Å²) in [6, 6.07) is 14.0. The molecule has 0 N–H and O–H groups in total. The highest BCUT2D eigenvalue weighted by Gasteiger charge is 2.35. The first-order valence-corrected chi connectivity index (χ1v) is 12.4. The van der Waals surface area contributed by atoms with Crippen molar-refractivity contribution in [2.75, 3.05) is 33.4 Å². The monoisotopic (exact) mass is 477 g/mol. The van der Waals surface area contributed by atoms with Crippen molar-refractivity contribution in [2.24, 2.45) is 11.0 Å². The first kappa shape index (κ1) is 24.9. The fourth-order valence-electron chi connectivity index (χ4n) is 5.00. The zero-order valence-electron chi connectivity index (χ0n) is 21.1. The highest BCUT2D eigenvalue weighted by molar-refractivity contribution is 6.04. The van der Waals surface area contributed by atoms with Crippen molar-refractivity contribution in [3.8, 4) is 5.75 Å². The number of methoxy groups -OCH3 is 1. The molecule has 0 bridgehead atoms. The van der Waals surface area contributed by atoms with Gasteiger partial charge in [0.15, 0.2) is 0 Å². The maximum Gasteiger partial charge on any atom is 0.309 e. The number of likely N-dealkylation sites (tertiary alicyclic amines) is 1. The van der Waals surface area contributed by atoms with Crippen LogP contribution in [0.15, 0.2) is 47.6 Å². The summed E-state index contributed by atoms with van der Waals surface area (Å²) >= 11 is 0. The minimum absolute atomic E-state index is 0.0350. The number of amides is 1. The number of ether oxygens (including phenoxy) is 2. The maximum absolute atomic E-state index is 13.5. The van der Waals surface area contributed by atoms with E-state index in [2.05, 4.69) is 36.9 Å². The number of hydrazone groups is 1. The van der Waals surface area contributed by atoms with E-state index in [-0.39, 0.29) is 30.4 Å². The van der Waals surface area contributed by atoms with E-state index >= 15 is 0 Å². The number of esters is 1. The molecule has 2 aromatic carbocycles. The number of benzene rings is 2. The molecule has 0 unspecified atom stereocenters. The summed E-state index contributed by atoms with van der Waals surface area (Å²) in [4.78, 5) is 27.7. The van der Waals surface area contributed by atoms with Gasteiger partial charge in [-0.2, -0.15) is 5.10 Å². The number of piperidine rings is 1. The van der Waals surface area contributed by atoms with Crippen LogP contribution in [0.2, 0.25) is 0 Å². The number of hydrogen-bond donors (Lipinski definition) is 0. The third kappa shape index (κ3) is 5.73. The Morgan fingerprint density at radius 1 is 1.09 bits per heavy atom. The van der Waals surface area contributed by atoms with E-state index in [0.717, 1.165) is 28.2 Å². The van der Waals surface area contributed by atoms with Gasteiger partial charge in [-0.3, -0.25) is 14.5 Å². The smallest absolute Gasteiger partial charge is 0.309 e. The lowest BCUT2D eigenvalue weighted by Gasteiger charge is -2.32. The van der Waals surface area contributed by atoms with E-state index in [9.17, 15) is 9.59 Å². The van der Waals surface area contributed by atoms with Gasteiger partial charge in [-0.1, -0.05) is 35.9 Å². The van der Waals surface area contributed by atoms with E-state index < -0.39 is 0 Å². The van der Waals surface area contributed by atoms with Crippen LogP contribution in [0.5, 0.6) is 5.75 Å². The molecule has 1 atom stereocenters. The molecular weight excluding hydrogens is 442 g/mol. The Labute approximate surface area is 207 Å². The lowest BCUT2D eigenvalue weighted by atomic mass is 9.95. The number of nitrogens with zero attached hydrogens (tertiary/aromatic N) is 3. The largest absolute Gasteiger partial charge is 0.497 e. The molecule has 4 rings (SSSR count). The van der Waals surface area contributed by atoms with Gasteiger partial charge in [0.1, 0.15) is 5.75 Å². The highest BCUT2D eigenvalue weighted by Crippen LogP contribution is 2.35. The minimum atomic E-state index is -0.189. The third-order valence-electron chi connectivity index (χ3n) is 6.90. The molecule has 0 spiro atoms. The SMILES string of the molecule is CCOC(=O)C1CCN(CC(=O)N2N=C(c3ccc(C)cc3C)C[C@H]2c2cccc(OC)c2)CC1. The molecule has 2 heterocycles. The van der Waals surface area contributed by atoms with Gasteiger partial charge in [-0.05, 0) is 70.0 Å². The predicted octanol–water partition coefficient (Wildman–Crippen LogP) is 4.26. The minimum Gasteiger partial charge on any atom is -0.497 e. The van der Waals surface area contributed by atoms with Crippen LogP contribution in [-0.4, -0.2) is 60.8 Å². The lowest BCUT2D eigenvalue weighted by molar-refractivity contribution is -0.149. The molecule has 0 saturated carbocycles. The Hall–Kier alpha value is -3.19. The van der Waals surface area contributed by atoms with Crippen molar-refractivity contribution >= 4 is 17.6 Å². The van der Waals surface area contributed by atoms with Crippen LogP contribution in [0.4, 0.5) is 0 Å². The summed E-state index contributed by atoms with van der Waals surface area (Å²) in [6.07, 6.45) is 2.07. The average molecular weight is 478 g/mol. The van der Waals surface area contributed by atoms with E-state index in [1.54, 1.807) is 12.1 Å². The van der Waals surface area contributed by atoms with Crippen LogP contribution in [-0.2, 0) is 14.3 Å². The predicted molar refractivity (Wildman–Crippen MR) is 135 cm³/mol. The van der Waals surface area contributed by atoms with Crippen LogP contribution in [0.1, 0.15) is 54.5 Å². The first-order valence-electron chi connectivity index (χ1n) is 12.4. The molecule has 35 heavy (non-hydrogen) atoms. The van der Waals surface area contributed by atoms with Crippen LogP contribution in [0.3, 0.4) is 0 Å². The van der Waals surface area contributed by atoms with Crippen molar-refractivity contribution in [3.05, 3.63) is 64.7 Å². The van der Waals surface area contributed by atoms with Gasteiger partial charge in [0.25, 0.3) is 5.91 Å². The van der Waals surface area contributed by atoms with E-state index in [0.29, 0.717) is 39.0 Å². The zero-order chi connectivity index (χ0) is 24.9. The Morgan fingerprint density at radius 2 is 1.86 bits per heavy atom. The molecule has 2 aliphatic rings. The second kappa shape index (κ2) is 11.0. The average Bonchev–Trinajstić information content (AvgIpc) is 3.30. The Morgan fingerprint density at radius 3 is 2.54 bits per heavy atom. The Kier molecular flexibility index (Phi) is 7.86. The molecule has 7 nitrogen and oxygen atoms in total. The highest BCUT2D eigenvalue weighted by atomic mass is 16.5. The lowest BCUT2D eigenvalue weighted by Crippen LogP contribution is -2.43. The van der Waals surface area contributed by atoms with Gasteiger partial charge in [0.2, 0.25) is 0 Å². The summed E-state index contributed by atoms with van der Waals surface area (Å²) in [6.45, 7) is 8.06. The van der Waals surface area contributed by atoms with Gasteiger partial charge in [0, 0.05) is 12.0 Å². The number of rotatable bonds is 7. The summed E-state index contributed by atoms with van der Waals surface area (Å²) in [5.41, 5.74) is 5.36. The molecule has 186 valence electrons. The van der Waals surface area contributed by atoms with E-state index in [1.807, 2.05) is 31.2 Å². The Balaban J connectivity index is 1.53. The third-order valence-corrected chi connectivity index (χ3v) is 6.90. The molecule has 0 aliphatic carbocycles. The van der Waals surface area contributed by atoms with E-state index in [4.69, 9.17) is 14.6 Å². The first-order chi connectivity index (χ1) is 16.9. The summed E-state index contributed by atoms with van der Waals surface area (Å²) in [5.74, 6) is 0.522. The second-order valence-corrected chi connectivity index (χ2v) is 9.40. The van der Waals surface area contributed by atoms with Crippen LogP contribution in [0.25, 0.3) is 0 Å².